The van der Waals surface area contributed by atoms with Crippen molar-refractivity contribution in [3.63, 3.8) is 0 Å². The van der Waals surface area contributed by atoms with Crippen molar-refractivity contribution in [3.05, 3.63) is 34.1 Å². The van der Waals surface area contributed by atoms with Crippen molar-refractivity contribution in [2.75, 3.05) is 18.0 Å². The smallest absolute Gasteiger partial charge is 0.327 e. The Balaban J connectivity index is 2.13. The maximum absolute atomic E-state index is 13.6. The highest BCUT2D eigenvalue weighted by atomic mass is 19.1. The van der Waals surface area contributed by atoms with Crippen molar-refractivity contribution < 1.29 is 19.2 Å². The summed E-state index contributed by atoms with van der Waals surface area (Å²) in [5, 5.41) is 19.7. The number of anilines is 1. The van der Waals surface area contributed by atoms with Gasteiger partial charge in [-0.1, -0.05) is 6.07 Å². The minimum Gasteiger partial charge on any atom is -0.481 e. The molecule has 20 heavy (non-hydrogen) atoms. The second-order valence-electron chi connectivity index (χ2n) is 4.89. The third kappa shape index (κ3) is 3.04. The molecule has 0 saturated carbocycles. The summed E-state index contributed by atoms with van der Waals surface area (Å²) in [5.74, 6) is -1.60. The van der Waals surface area contributed by atoms with E-state index < -0.39 is 22.4 Å². The molecule has 0 aliphatic carbocycles. The second-order valence-corrected chi connectivity index (χ2v) is 4.89. The van der Waals surface area contributed by atoms with E-state index in [-0.39, 0.29) is 18.0 Å². The van der Waals surface area contributed by atoms with E-state index in [1.807, 2.05) is 0 Å². The number of carbonyl (C=O) groups is 1. The third-order valence-electron chi connectivity index (χ3n) is 3.57. The largest absolute Gasteiger partial charge is 0.481 e. The number of nitro groups is 1. The van der Waals surface area contributed by atoms with E-state index in [0.29, 0.717) is 25.9 Å². The van der Waals surface area contributed by atoms with Gasteiger partial charge in [0.2, 0.25) is 5.82 Å². The fraction of sp³-hybridized carbons (Fsp3) is 0.462. The zero-order chi connectivity index (χ0) is 14.7. The molecule has 6 nitrogen and oxygen atoms in total. The third-order valence-corrected chi connectivity index (χ3v) is 3.57. The maximum atomic E-state index is 13.6. The van der Waals surface area contributed by atoms with Gasteiger partial charge in [-0.25, -0.2) is 0 Å². The summed E-state index contributed by atoms with van der Waals surface area (Å²) in [5.41, 5.74) is -0.243. The molecule has 1 N–H and O–H groups in total. The topological polar surface area (TPSA) is 83.7 Å². The van der Waals surface area contributed by atoms with Crippen LogP contribution in [0.25, 0.3) is 0 Å². The van der Waals surface area contributed by atoms with Crippen molar-refractivity contribution in [2.24, 2.45) is 5.92 Å². The first kappa shape index (κ1) is 14.2. The Morgan fingerprint density at radius 2 is 2.10 bits per heavy atom. The Morgan fingerprint density at radius 3 is 2.65 bits per heavy atom. The van der Waals surface area contributed by atoms with Gasteiger partial charge >= 0.3 is 11.7 Å². The van der Waals surface area contributed by atoms with E-state index in [9.17, 15) is 19.3 Å². The summed E-state index contributed by atoms with van der Waals surface area (Å²) in [6.45, 7) is 1.00. The number of nitro benzene ring substituents is 1. The molecule has 0 bridgehead atoms. The molecule has 0 amide bonds. The molecule has 0 aromatic heterocycles. The number of hydrogen-bond acceptors (Lipinski definition) is 4. The van der Waals surface area contributed by atoms with Gasteiger partial charge in [0, 0.05) is 19.5 Å². The van der Waals surface area contributed by atoms with Crippen LogP contribution in [0.15, 0.2) is 18.2 Å². The number of carboxylic acids is 1. The van der Waals surface area contributed by atoms with Gasteiger partial charge in [0.15, 0.2) is 0 Å². The van der Waals surface area contributed by atoms with E-state index in [1.54, 1.807) is 4.90 Å². The molecule has 1 aliphatic rings. The molecule has 108 valence electrons. The van der Waals surface area contributed by atoms with E-state index in [0.717, 1.165) is 6.07 Å². The van der Waals surface area contributed by atoms with Crippen LogP contribution in [-0.4, -0.2) is 29.1 Å². The number of hydrogen-bond donors (Lipinski definition) is 1. The van der Waals surface area contributed by atoms with Gasteiger partial charge < -0.3 is 10.0 Å². The first-order valence-corrected chi connectivity index (χ1v) is 6.38. The van der Waals surface area contributed by atoms with Crippen molar-refractivity contribution in [1.29, 1.82) is 0 Å². The predicted octanol–water partition coefficient (Wildman–Crippen LogP) is 2.43. The highest BCUT2D eigenvalue weighted by Gasteiger charge is 2.28. The minimum absolute atomic E-state index is 0.0800. The number of benzene rings is 1. The molecule has 7 heteroatoms. The lowest BCUT2D eigenvalue weighted by atomic mass is 9.93. The minimum atomic E-state index is -0.847. The molecule has 0 radical (unpaired) electrons. The van der Waals surface area contributed by atoms with Crippen molar-refractivity contribution in [1.82, 2.24) is 0 Å². The van der Waals surface area contributed by atoms with Gasteiger partial charge in [-0.2, -0.15) is 4.39 Å². The zero-order valence-corrected chi connectivity index (χ0v) is 10.8. The molecule has 1 heterocycles. The van der Waals surface area contributed by atoms with Crippen LogP contribution in [-0.2, 0) is 4.79 Å². The van der Waals surface area contributed by atoms with E-state index in [1.165, 1.54) is 12.1 Å². The van der Waals surface area contributed by atoms with Gasteiger partial charge in [0.25, 0.3) is 0 Å². The SMILES string of the molecule is O=C(O)CC1CCN(c2cccc(F)c2[N+](=O)[O-])CC1. The summed E-state index contributed by atoms with van der Waals surface area (Å²) in [6.07, 6.45) is 1.39. The number of rotatable bonds is 4. The Labute approximate surface area is 115 Å². The van der Waals surface area contributed by atoms with Crippen LogP contribution in [0.3, 0.4) is 0 Å². The molecular weight excluding hydrogens is 267 g/mol. The Bertz CT molecular complexity index is 527. The molecule has 1 aliphatic heterocycles. The standard InChI is InChI=1S/C13H15FN2O4/c14-10-2-1-3-11(13(10)16(19)20)15-6-4-9(5-7-15)8-12(17)18/h1-3,9H,4-8H2,(H,17,18). The highest BCUT2D eigenvalue weighted by molar-refractivity contribution is 5.67. The monoisotopic (exact) mass is 282 g/mol. The lowest BCUT2D eigenvalue weighted by Crippen LogP contribution is -2.34. The Hall–Kier alpha value is -2.18. The van der Waals surface area contributed by atoms with Crippen LogP contribution < -0.4 is 4.90 Å². The zero-order valence-electron chi connectivity index (χ0n) is 10.8. The molecular formula is C13H15FN2O4. The summed E-state index contributed by atoms with van der Waals surface area (Å²) < 4.78 is 13.6. The molecule has 2 rings (SSSR count). The Kier molecular flexibility index (Phi) is 4.16. The molecule has 0 spiro atoms. The quantitative estimate of drug-likeness (QED) is 0.677. The lowest BCUT2D eigenvalue weighted by molar-refractivity contribution is -0.386. The van der Waals surface area contributed by atoms with Crippen LogP contribution in [0.1, 0.15) is 19.3 Å². The summed E-state index contributed by atoms with van der Waals surface area (Å²) >= 11 is 0. The van der Waals surface area contributed by atoms with Gasteiger partial charge in [0.1, 0.15) is 5.69 Å². The fourth-order valence-electron chi connectivity index (χ4n) is 2.56. The first-order valence-electron chi connectivity index (χ1n) is 6.38. The van der Waals surface area contributed by atoms with Gasteiger partial charge in [-0.15, -0.1) is 0 Å². The lowest BCUT2D eigenvalue weighted by Gasteiger charge is -2.32. The van der Waals surface area contributed by atoms with E-state index >= 15 is 0 Å². The summed E-state index contributed by atoms with van der Waals surface area (Å²) in [7, 11) is 0. The molecule has 0 atom stereocenters. The van der Waals surface area contributed by atoms with Crippen LogP contribution in [0.2, 0.25) is 0 Å². The first-order chi connectivity index (χ1) is 9.49. The number of carboxylic acid groups (broad SMARTS) is 1. The average molecular weight is 282 g/mol. The van der Waals surface area contributed by atoms with Gasteiger partial charge in [0.05, 0.1) is 4.92 Å². The molecule has 1 aromatic carbocycles. The summed E-state index contributed by atoms with van der Waals surface area (Å²) in [4.78, 5) is 22.6. The number of para-hydroxylation sites is 1. The average Bonchev–Trinajstić information content (AvgIpc) is 2.38. The molecule has 1 fully saturated rings. The molecule has 0 unspecified atom stereocenters. The Morgan fingerprint density at radius 1 is 1.45 bits per heavy atom. The fourth-order valence-corrected chi connectivity index (χ4v) is 2.56. The van der Waals surface area contributed by atoms with Gasteiger partial charge in [-0.05, 0) is 30.9 Å². The number of halogens is 1. The van der Waals surface area contributed by atoms with Crippen molar-refractivity contribution in [3.8, 4) is 0 Å². The van der Waals surface area contributed by atoms with E-state index in [2.05, 4.69) is 0 Å². The molecule has 1 aromatic rings. The van der Waals surface area contributed by atoms with Gasteiger partial charge in [-0.3, -0.25) is 14.9 Å². The highest BCUT2D eigenvalue weighted by Crippen LogP contribution is 2.33. The van der Waals surface area contributed by atoms with Crippen LogP contribution in [0.4, 0.5) is 15.8 Å². The van der Waals surface area contributed by atoms with Crippen LogP contribution in [0, 0.1) is 21.8 Å². The van der Waals surface area contributed by atoms with E-state index in [4.69, 9.17) is 5.11 Å². The van der Waals surface area contributed by atoms with Crippen molar-refractivity contribution in [2.45, 2.75) is 19.3 Å². The number of aliphatic carboxylic acids is 1. The summed E-state index contributed by atoms with van der Waals surface area (Å²) in [6, 6.07) is 4.04. The number of piperidine rings is 1. The number of nitrogens with zero attached hydrogens (tertiary/aromatic N) is 2. The predicted molar refractivity (Wildman–Crippen MR) is 70.2 cm³/mol. The van der Waals surface area contributed by atoms with Crippen LogP contribution in [0.5, 0.6) is 0 Å². The van der Waals surface area contributed by atoms with Crippen LogP contribution >= 0.6 is 0 Å². The maximum Gasteiger partial charge on any atom is 0.327 e. The van der Waals surface area contributed by atoms with Crippen molar-refractivity contribution >= 4 is 17.3 Å². The normalized spacial score (nSPS) is 16.1. The molecule has 1 saturated heterocycles. The second kappa shape index (κ2) is 5.85.